The Labute approximate surface area is 207 Å². The number of imide groups is 1. The fraction of sp³-hybridized carbons (Fsp3) is 0.708. The van der Waals surface area contributed by atoms with E-state index in [2.05, 4.69) is 16.0 Å². The lowest BCUT2D eigenvalue weighted by atomic mass is 9.97. The number of carbonyl (C=O) groups excluding carboxylic acids is 5. The van der Waals surface area contributed by atoms with E-state index in [9.17, 15) is 24.0 Å². The Morgan fingerprint density at radius 1 is 0.886 bits per heavy atom. The van der Waals surface area contributed by atoms with Gasteiger partial charge in [-0.1, -0.05) is 34.6 Å². The highest BCUT2D eigenvalue weighted by atomic mass is 16.5. The molecule has 0 fully saturated rings. The molecule has 0 unspecified atom stereocenters. The standard InChI is InChI=1S/C24H40N4O7/c1-16(2)21(23(33)26-17(3)22(32)25-15-24(4,5)6)27-18(29)9-11-34-13-14-35-12-10-28-19(30)7-8-20(28)31/h7-8,16-17,21H,9-15H2,1-6H3,(H,25,32)(H,26,33)(H,27,29)/t17-,21-/m0/s1. The van der Waals surface area contributed by atoms with Gasteiger partial charge >= 0.3 is 0 Å². The number of hydrogen-bond donors (Lipinski definition) is 3. The van der Waals surface area contributed by atoms with Gasteiger partial charge in [-0.15, -0.1) is 0 Å². The number of rotatable bonds is 15. The zero-order chi connectivity index (χ0) is 26.6. The maximum absolute atomic E-state index is 12.6. The topological polar surface area (TPSA) is 143 Å². The van der Waals surface area contributed by atoms with Gasteiger partial charge in [0.1, 0.15) is 12.1 Å². The molecule has 0 aromatic carbocycles. The van der Waals surface area contributed by atoms with E-state index in [0.29, 0.717) is 6.54 Å². The molecule has 35 heavy (non-hydrogen) atoms. The van der Waals surface area contributed by atoms with Crippen molar-refractivity contribution >= 4 is 29.5 Å². The highest BCUT2D eigenvalue weighted by Crippen LogP contribution is 2.10. The van der Waals surface area contributed by atoms with E-state index in [1.165, 1.54) is 12.2 Å². The van der Waals surface area contributed by atoms with Gasteiger partial charge in [-0.25, -0.2) is 0 Å². The van der Waals surface area contributed by atoms with Crippen LogP contribution in [0.2, 0.25) is 0 Å². The Balaban J connectivity index is 2.26. The molecular weight excluding hydrogens is 456 g/mol. The molecule has 0 saturated heterocycles. The molecule has 3 N–H and O–H groups in total. The third-order valence-electron chi connectivity index (χ3n) is 5.02. The van der Waals surface area contributed by atoms with Gasteiger partial charge in [0.05, 0.1) is 33.0 Å². The Morgan fingerprint density at radius 2 is 1.46 bits per heavy atom. The number of hydrogen-bond acceptors (Lipinski definition) is 7. The first kappa shape index (κ1) is 30.2. The van der Waals surface area contributed by atoms with Crippen LogP contribution in [0.5, 0.6) is 0 Å². The molecule has 0 spiro atoms. The van der Waals surface area contributed by atoms with Gasteiger partial charge in [0.2, 0.25) is 17.7 Å². The van der Waals surface area contributed by atoms with Crippen LogP contribution in [0.4, 0.5) is 0 Å². The maximum atomic E-state index is 12.6. The van der Waals surface area contributed by atoms with E-state index in [1.54, 1.807) is 6.92 Å². The van der Waals surface area contributed by atoms with Crippen molar-refractivity contribution in [2.75, 3.05) is 39.5 Å². The largest absolute Gasteiger partial charge is 0.379 e. The van der Waals surface area contributed by atoms with Crippen molar-refractivity contribution in [3.63, 3.8) is 0 Å². The van der Waals surface area contributed by atoms with Crippen LogP contribution in [0.25, 0.3) is 0 Å². The summed E-state index contributed by atoms with van der Waals surface area (Å²) < 4.78 is 10.7. The van der Waals surface area contributed by atoms with Crippen LogP contribution < -0.4 is 16.0 Å². The number of ether oxygens (including phenoxy) is 2. The summed E-state index contributed by atoms with van der Waals surface area (Å²) in [5, 5.41) is 8.16. The molecule has 1 aliphatic heterocycles. The summed E-state index contributed by atoms with van der Waals surface area (Å²) in [6.45, 7) is 12.7. The molecule has 198 valence electrons. The summed E-state index contributed by atoms with van der Waals surface area (Å²) in [7, 11) is 0. The third kappa shape index (κ3) is 11.9. The predicted octanol–water partition coefficient (Wildman–Crippen LogP) is 0.143. The van der Waals surface area contributed by atoms with Crippen LogP contribution in [0.1, 0.15) is 48.0 Å². The fourth-order valence-corrected chi connectivity index (χ4v) is 2.95. The van der Waals surface area contributed by atoms with Gasteiger partial charge in [0.25, 0.3) is 11.8 Å². The zero-order valence-electron chi connectivity index (χ0n) is 21.6. The maximum Gasteiger partial charge on any atom is 0.253 e. The summed E-state index contributed by atoms with van der Waals surface area (Å²) in [5.41, 5.74) is -0.0752. The lowest BCUT2D eigenvalue weighted by Gasteiger charge is -2.25. The van der Waals surface area contributed by atoms with Gasteiger partial charge in [0, 0.05) is 25.1 Å². The van der Waals surface area contributed by atoms with Crippen molar-refractivity contribution in [3.8, 4) is 0 Å². The first-order chi connectivity index (χ1) is 16.3. The van der Waals surface area contributed by atoms with Crippen LogP contribution in [-0.2, 0) is 33.4 Å². The second-order valence-corrected chi connectivity index (χ2v) is 9.93. The van der Waals surface area contributed by atoms with Crippen LogP contribution in [-0.4, -0.2) is 86.0 Å². The molecule has 11 nitrogen and oxygen atoms in total. The first-order valence-corrected chi connectivity index (χ1v) is 11.9. The molecule has 0 aromatic rings. The Morgan fingerprint density at radius 3 is 2.00 bits per heavy atom. The molecule has 0 saturated carbocycles. The van der Waals surface area contributed by atoms with Crippen LogP contribution in [0.15, 0.2) is 12.2 Å². The fourth-order valence-electron chi connectivity index (χ4n) is 2.95. The van der Waals surface area contributed by atoms with Crippen LogP contribution >= 0.6 is 0 Å². The molecule has 0 aromatic heterocycles. The predicted molar refractivity (Wildman–Crippen MR) is 129 cm³/mol. The second-order valence-electron chi connectivity index (χ2n) is 9.93. The van der Waals surface area contributed by atoms with Crippen LogP contribution in [0.3, 0.4) is 0 Å². The molecule has 0 bridgehead atoms. The smallest absolute Gasteiger partial charge is 0.253 e. The van der Waals surface area contributed by atoms with Gasteiger partial charge in [-0.2, -0.15) is 0 Å². The average molecular weight is 497 g/mol. The van der Waals surface area contributed by atoms with Crippen molar-refractivity contribution in [3.05, 3.63) is 12.2 Å². The van der Waals surface area contributed by atoms with Crippen molar-refractivity contribution in [1.82, 2.24) is 20.9 Å². The van der Waals surface area contributed by atoms with Crippen molar-refractivity contribution in [1.29, 1.82) is 0 Å². The minimum Gasteiger partial charge on any atom is -0.379 e. The molecule has 1 heterocycles. The van der Waals surface area contributed by atoms with Crippen molar-refractivity contribution < 1.29 is 33.4 Å². The van der Waals surface area contributed by atoms with Gasteiger partial charge in [-0.05, 0) is 18.3 Å². The number of amides is 5. The normalized spacial score (nSPS) is 15.3. The summed E-state index contributed by atoms with van der Waals surface area (Å²) in [5.74, 6) is -1.94. The number of carbonyl (C=O) groups is 5. The molecule has 11 heteroatoms. The minimum atomic E-state index is -0.783. The molecule has 1 aliphatic rings. The SMILES string of the molecule is CC(C)[C@H](NC(=O)CCOCCOCCN1C(=O)C=CC1=O)C(=O)N[C@@H](C)C(=O)NCC(C)(C)C. The molecule has 2 atom stereocenters. The third-order valence-corrected chi connectivity index (χ3v) is 5.02. The van der Waals surface area contributed by atoms with E-state index in [-0.39, 0.29) is 74.4 Å². The highest BCUT2D eigenvalue weighted by Gasteiger charge is 2.27. The van der Waals surface area contributed by atoms with Crippen molar-refractivity contribution in [2.24, 2.45) is 11.3 Å². The van der Waals surface area contributed by atoms with Gasteiger partial charge in [0.15, 0.2) is 0 Å². The van der Waals surface area contributed by atoms with E-state index in [4.69, 9.17) is 9.47 Å². The van der Waals surface area contributed by atoms with Crippen LogP contribution in [0, 0.1) is 11.3 Å². The monoisotopic (exact) mass is 496 g/mol. The summed E-state index contributed by atoms with van der Waals surface area (Å²) in [4.78, 5) is 61.1. The zero-order valence-corrected chi connectivity index (χ0v) is 21.6. The Hall–Kier alpha value is -2.79. The summed E-state index contributed by atoms with van der Waals surface area (Å²) in [6.07, 6.45) is 2.49. The summed E-state index contributed by atoms with van der Waals surface area (Å²) >= 11 is 0. The molecule has 5 amide bonds. The first-order valence-electron chi connectivity index (χ1n) is 11.9. The molecular formula is C24H40N4O7. The highest BCUT2D eigenvalue weighted by molar-refractivity contribution is 6.12. The van der Waals surface area contributed by atoms with Gasteiger partial charge < -0.3 is 25.4 Å². The molecule has 0 radical (unpaired) electrons. The molecule has 0 aliphatic carbocycles. The number of nitrogens with zero attached hydrogens (tertiary/aromatic N) is 1. The van der Waals surface area contributed by atoms with E-state index in [1.807, 2.05) is 34.6 Å². The summed E-state index contributed by atoms with van der Waals surface area (Å²) in [6, 6.07) is -1.52. The second kappa shape index (κ2) is 14.6. The van der Waals surface area contributed by atoms with Gasteiger partial charge in [-0.3, -0.25) is 28.9 Å². The lowest BCUT2D eigenvalue weighted by molar-refractivity contribution is -0.137. The molecule has 1 rings (SSSR count). The van der Waals surface area contributed by atoms with E-state index >= 15 is 0 Å². The number of nitrogens with one attached hydrogen (secondary N) is 3. The Bertz CT molecular complexity index is 771. The minimum absolute atomic E-state index is 0.0561. The Kier molecular flexibility index (Phi) is 12.6. The van der Waals surface area contributed by atoms with E-state index in [0.717, 1.165) is 4.90 Å². The quantitative estimate of drug-likeness (QED) is 0.216. The lowest BCUT2D eigenvalue weighted by Crippen LogP contribution is -2.55. The average Bonchev–Trinajstić information content (AvgIpc) is 3.08. The van der Waals surface area contributed by atoms with Crippen molar-refractivity contribution in [2.45, 2.75) is 60.0 Å². The van der Waals surface area contributed by atoms with E-state index < -0.39 is 18.0 Å².